The number of aryl methyl sites for hydroxylation is 1. The summed E-state index contributed by atoms with van der Waals surface area (Å²) in [6.45, 7) is 2.06. The fourth-order valence-electron chi connectivity index (χ4n) is 2.04. The molecule has 1 aromatic carbocycles. The lowest BCUT2D eigenvalue weighted by Crippen LogP contribution is -2.10. The Morgan fingerprint density at radius 3 is 2.83 bits per heavy atom. The summed E-state index contributed by atoms with van der Waals surface area (Å²) in [5.74, 6) is 0.750. The molecule has 18 heavy (non-hydrogen) atoms. The summed E-state index contributed by atoms with van der Waals surface area (Å²) in [6.07, 6.45) is 0. The molecular formula is C14H12ClNOS. The van der Waals surface area contributed by atoms with E-state index in [-0.39, 0.29) is 6.04 Å². The number of para-hydroxylation sites is 1. The molecule has 2 N–H and O–H groups in total. The van der Waals surface area contributed by atoms with Gasteiger partial charge in [0, 0.05) is 5.39 Å². The van der Waals surface area contributed by atoms with Gasteiger partial charge in [-0.3, -0.25) is 0 Å². The lowest BCUT2D eigenvalue weighted by atomic mass is 10.1. The zero-order valence-corrected chi connectivity index (χ0v) is 11.4. The van der Waals surface area contributed by atoms with Crippen LogP contribution < -0.4 is 5.73 Å². The number of furan rings is 1. The summed E-state index contributed by atoms with van der Waals surface area (Å²) in [5, 5.41) is 5.76. The van der Waals surface area contributed by atoms with Crippen LogP contribution in [0.1, 0.15) is 22.9 Å². The zero-order valence-electron chi connectivity index (χ0n) is 9.81. The summed E-state index contributed by atoms with van der Waals surface area (Å²) in [4.78, 5) is 0. The Labute approximate surface area is 114 Å². The van der Waals surface area contributed by atoms with Crippen molar-refractivity contribution in [1.29, 1.82) is 0 Å². The second kappa shape index (κ2) is 4.43. The van der Waals surface area contributed by atoms with Gasteiger partial charge in [-0.15, -0.1) is 0 Å². The Morgan fingerprint density at radius 1 is 1.33 bits per heavy atom. The van der Waals surface area contributed by atoms with Gasteiger partial charge in [0.25, 0.3) is 0 Å². The molecule has 3 aromatic rings. The first-order valence-electron chi connectivity index (χ1n) is 5.63. The molecule has 0 amide bonds. The summed E-state index contributed by atoms with van der Waals surface area (Å²) >= 11 is 7.75. The second-order valence-corrected chi connectivity index (χ2v) is 5.45. The Morgan fingerprint density at radius 2 is 2.17 bits per heavy atom. The van der Waals surface area contributed by atoms with E-state index in [2.05, 4.69) is 17.7 Å². The molecule has 0 saturated carbocycles. The Kier molecular flexibility index (Phi) is 2.90. The average molecular weight is 278 g/mol. The maximum atomic E-state index is 6.25. The van der Waals surface area contributed by atoms with Crippen LogP contribution in [0.4, 0.5) is 0 Å². The molecule has 1 unspecified atom stereocenters. The Balaban J connectivity index is 2.10. The number of halogens is 1. The minimum Gasteiger partial charge on any atom is -0.457 e. The first kappa shape index (κ1) is 11.8. The molecular weight excluding hydrogens is 266 g/mol. The zero-order chi connectivity index (χ0) is 12.7. The molecule has 1 atom stereocenters. The fourth-order valence-corrected chi connectivity index (χ4v) is 3.15. The predicted octanol–water partition coefficient (Wildman–Crippen LogP) is 4.50. The first-order valence-corrected chi connectivity index (χ1v) is 6.95. The van der Waals surface area contributed by atoms with E-state index in [0.717, 1.165) is 16.7 Å². The number of fused-ring (bicyclic) bond motifs is 1. The van der Waals surface area contributed by atoms with Gasteiger partial charge >= 0.3 is 0 Å². The van der Waals surface area contributed by atoms with Crippen LogP contribution in [0, 0.1) is 6.92 Å². The topological polar surface area (TPSA) is 39.2 Å². The van der Waals surface area contributed by atoms with Gasteiger partial charge in [0.05, 0.1) is 11.1 Å². The van der Waals surface area contributed by atoms with Crippen LogP contribution >= 0.6 is 22.9 Å². The van der Waals surface area contributed by atoms with Gasteiger partial charge in [0.1, 0.15) is 5.76 Å². The molecule has 2 aromatic heterocycles. The second-order valence-electron chi connectivity index (χ2n) is 4.29. The Bertz CT molecular complexity index is 701. The minimum absolute atomic E-state index is 0.236. The quantitative estimate of drug-likeness (QED) is 0.749. The normalized spacial score (nSPS) is 13.1. The monoisotopic (exact) mass is 277 g/mol. The third-order valence-electron chi connectivity index (χ3n) is 3.05. The molecule has 3 rings (SSSR count). The molecule has 0 aliphatic carbocycles. The molecule has 0 radical (unpaired) electrons. The number of benzene rings is 1. The van der Waals surface area contributed by atoms with E-state index >= 15 is 0 Å². The van der Waals surface area contributed by atoms with Crippen LogP contribution in [0.5, 0.6) is 0 Å². The van der Waals surface area contributed by atoms with Gasteiger partial charge in [-0.05, 0) is 40.9 Å². The van der Waals surface area contributed by atoms with Crippen molar-refractivity contribution in [2.24, 2.45) is 5.73 Å². The van der Waals surface area contributed by atoms with Crippen LogP contribution in [-0.2, 0) is 0 Å². The van der Waals surface area contributed by atoms with Crippen LogP contribution in [-0.4, -0.2) is 0 Å². The fraction of sp³-hybridized carbons (Fsp3) is 0.143. The standard InChI is InChI=1S/C14H12ClNOS/c1-8-6-18-7-10(8)13(16)12-5-9-3-2-4-11(15)14(9)17-12/h2-7,13H,16H2,1H3. The van der Waals surface area contributed by atoms with Crippen molar-refractivity contribution in [1.82, 2.24) is 0 Å². The van der Waals surface area contributed by atoms with E-state index in [0.29, 0.717) is 10.6 Å². The predicted molar refractivity (Wildman–Crippen MR) is 76.3 cm³/mol. The Hall–Kier alpha value is -1.29. The van der Waals surface area contributed by atoms with E-state index in [9.17, 15) is 0 Å². The highest BCUT2D eigenvalue weighted by molar-refractivity contribution is 7.08. The van der Waals surface area contributed by atoms with Gasteiger partial charge in [0.15, 0.2) is 5.58 Å². The highest BCUT2D eigenvalue weighted by atomic mass is 35.5. The number of hydrogen-bond acceptors (Lipinski definition) is 3. The molecule has 0 fully saturated rings. The lowest BCUT2D eigenvalue weighted by molar-refractivity contribution is 0.525. The summed E-state index contributed by atoms with van der Waals surface area (Å²) in [6, 6.07) is 7.42. The van der Waals surface area contributed by atoms with Crippen LogP contribution in [0.25, 0.3) is 11.0 Å². The van der Waals surface area contributed by atoms with Gasteiger partial charge in [-0.25, -0.2) is 0 Å². The van der Waals surface area contributed by atoms with Crippen LogP contribution in [0.3, 0.4) is 0 Å². The third kappa shape index (κ3) is 1.85. The molecule has 0 spiro atoms. The molecule has 0 saturated heterocycles. The van der Waals surface area contributed by atoms with Crippen molar-refractivity contribution in [2.45, 2.75) is 13.0 Å². The maximum absolute atomic E-state index is 6.25. The van der Waals surface area contributed by atoms with Gasteiger partial charge in [-0.1, -0.05) is 23.7 Å². The minimum atomic E-state index is -0.236. The van der Waals surface area contributed by atoms with E-state index in [1.807, 2.05) is 24.3 Å². The van der Waals surface area contributed by atoms with E-state index in [1.165, 1.54) is 5.56 Å². The third-order valence-corrected chi connectivity index (χ3v) is 4.23. The largest absolute Gasteiger partial charge is 0.457 e. The smallest absolute Gasteiger partial charge is 0.152 e. The van der Waals surface area contributed by atoms with Crippen molar-refractivity contribution in [3.63, 3.8) is 0 Å². The number of rotatable bonds is 2. The van der Waals surface area contributed by atoms with E-state index < -0.39 is 0 Å². The van der Waals surface area contributed by atoms with Crippen LogP contribution in [0.2, 0.25) is 5.02 Å². The maximum Gasteiger partial charge on any atom is 0.152 e. The molecule has 0 aliphatic rings. The molecule has 0 bridgehead atoms. The van der Waals surface area contributed by atoms with E-state index in [1.54, 1.807) is 11.3 Å². The van der Waals surface area contributed by atoms with Crippen molar-refractivity contribution in [2.75, 3.05) is 0 Å². The molecule has 4 heteroatoms. The molecule has 92 valence electrons. The molecule has 2 nitrogen and oxygen atoms in total. The van der Waals surface area contributed by atoms with Gasteiger partial charge < -0.3 is 10.2 Å². The molecule has 0 aliphatic heterocycles. The van der Waals surface area contributed by atoms with Crippen molar-refractivity contribution < 1.29 is 4.42 Å². The van der Waals surface area contributed by atoms with Gasteiger partial charge in [0.2, 0.25) is 0 Å². The van der Waals surface area contributed by atoms with Crippen molar-refractivity contribution in [3.8, 4) is 0 Å². The highest BCUT2D eigenvalue weighted by Crippen LogP contribution is 2.32. The number of thiophene rings is 1. The van der Waals surface area contributed by atoms with Crippen molar-refractivity contribution in [3.05, 3.63) is 56.9 Å². The molecule has 2 heterocycles. The van der Waals surface area contributed by atoms with E-state index in [4.69, 9.17) is 21.8 Å². The lowest BCUT2D eigenvalue weighted by Gasteiger charge is -2.07. The summed E-state index contributed by atoms with van der Waals surface area (Å²) in [7, 11) is 0. The number of nitrogens with two attached hydrogens (primary N) is 1. The summed E-state index contributed by atoms with van der Waals surface area (Å²) in [5.41, 5.74) is 9.25. The highest BCUT2D eigenvalue weighted by Gasteiger charge is 2.17. The van der Waals surface area contributed by atoms with Gasteiger partial charge in [-0.2, -0.15) is 11.3 Å². The van der Waals surface area contributed by atoms with Crippen LogP contribution in [0.15, 0.2) is 39.4 Å². The summed E-state index contributed by atoms with van der Waals surface area (Å²) < 4.78 is 5.79. The average Bonchev–Trinajstić information content (AvgIpc) is 2.95. The SMILES string of the molecule is Cc1cscc1C(N)c1cc2cccc(Cl)c2o1. The number of hydrogen-bond donors (Lipinski definition) is 1. The van der Waals surface area contributed by atoms with Crippen molar-refractivity contribution >= 4 is 33.9 Å². The first-order chi connectivity index (χ1) is 8.66.